The molecule has 0 fully saturated rings. The van der Waals surface area contributed by atoms with Crippen LogP contribution in [0.1, 0.15) is 17.2 Å². The quantitative estimate of drug-likeness (QED) is 0.319. The molecule has 3 aromatic rings. The van der Waals surface area contributed by atoms with Gasteiger partial charge in [-0.1, -0.05) is 23.7 Å². The van der Waals surface area contributed by atoms with Gasteiger partial charge in [0.1, 0.15) is 11.9 Å². The summed E-state index contributed by atoms with van der Waals surface area (Å²) in [6.45, 7) is 0.576. The van der Waals surface area contributed by atoms with Crippen molar-refractivity contribution in [3.63, 3.8) is 0 Å². The number of methoxy groups -OCH3 is 1. The molecule has 0 saturated carbocycles. The highest BCUT2D eigenvalue weighted by Gasteiger charge is 2.20. The number of hydroxylamine groups is 1. The van der Waals surface area contributed by atoms with Crippen molar-refractivity contribution in [1.82, 2.24) is 10.0 Å². The van der Waals surface area contributed by atoms with Crippen LogP contribution in [0, 0.1) is 5.41 Å². The number of amidine groups is 1. The molecule has 0 aliphatic heterocycles. The molecular weight excluding hydrogens is 342 g/mol. The molecule has 130 valence electrons. The second-order valence-corrected chi connectivity index (χ2v) is 6.09. The topological polar surface area (TPSA) is 90.5 Å². The minimum absolute atomic E-state index is 0.395. The minimum atomic E-state index is -1.27. The fourth-order valence-electron chi connectivity index (χ4n) is 2.78. The molecule has 0 bridgehead atoms. The molecule has 25 heavy (non-hydrogen) atoms. The molecule has 1 atom stereocenters. The molecule has 6 nitrogen and oxygen atoms in total. The monoisotopic (exact) mass is 359 g/mol. The van der Waals surface area contributed by atoms with Gasteiger partial charge >= 0.3 is 0 Å². The maximum atomic E-state index is 10.3. The van der Waals surface area contributed by atoms with Crippen LogP contribution in [-0.2, 0) is 6.54 Å². The minimum Gasteiger partial charge on any atom is -0.497 e. The summed E-state index contributed by atoms with van der Waals surface area (Å²) in [6.07, 6.45) is 0.501. The zero-order valence-corrected chi connectivity index (χ0v) is 14.3. The predicted octanol–water partition coefficient (Wildman–Crippen LogP) is 3.34. The molecular formula is C18H18ClN3O3. The highest BCUT2D eigenvalue weighted by Crippen LogP contribution is 2.31. The van der Waals surface area contributed by atoms with Crippen molar-refractivity contribution >= 4 is 28.3 Å². The van der Waals surface area contributed by atoms with E-state index in [1.807, 2.05) is 41.0 Å². The summed E-state index contributed by atoms with van der Waals surface area (Å²) in [5, 5.41) is 28.3. The van der Waals surface area contributed by atoms with Gasteiger partial charge in [-0.2, -0.15) is 0 Å². The van der Waals surface area contributed by atoms with E-state index in [-0.39, 0.29) is 0 Å². The lowest BCUT2D eigenvalue weighted by Crippen LogP contribution is -2.25. The summed E-state index contributed by atoms with van der Waals surface area (Å²) in [7, 11) is 1.57. The zero-order chi connectivity index (χ0) is 18.0. The van der Waals surface area contributed by atoms with Crippen molar-refractivity contribution in [1.29, 1.82) is 5.41 Å². The first-order chi connectivity index (χ1) is 12.0. The van der Waals surface area contributed by atoms with Gasteiger partial charge in [-0.15, -0.1) is 0 Å². The third kappa shape index (κ3) is 3.46. The third-order valence-electron chi connectivity index (χ3n) is 4.07. The number of nitrogens with one attached hydrogen (secondary N) is 2. The first-order valence-corrected chi connectivity index (χ1v) is 7.99. The molecule has 1 unspecified atom stereocenters. The zero-order valence-electron chi connectivity index (χ0n) is 13.5. The predicted molar refractivity (Wildman–Crippen MR) is 96.7 cm³/mol. The largest absolute Gasteiger partial charge is 0.497 e. The van der Waals surface area contributed by atoms with Crippen LogP contribution in [0.2, 0.25) is 5.02 Å². The highest BCUT2D eigenvalue weighted by atomic mass is 35.5. The number of halogens is 1. The summed E-state index contributed by atoms with van der Waals surface area (Å²) in [5.41, 5.74) is 4.14. The van der Waals surface area contributed by atoms with Gasteiger partial charge in [0.05, 0.1) is 7.11 Å². The molecule has 0 spiro atoms. The van der Waals surface area contributed by atoms with Crippen molar-refractivity contribution in [2.24, 2.45) is 0 Å². The highest BCUT2D eigenvalue weighted by molar-refractivity contribution is 6.30. The van der Waals surface area contributed by atoms with Gasteiger partial charge in [-0.3, -0.25) is 16.1 Å². The summed E-state index contributed by atoms with van der Waals surface area (Å²) in [6, 6.07) is 13.1. The molecule has 1 heterocycles. The van der Waals surface area contributed by atoms with E-state index < -0.39 is 11.9 Å². The van der Waals surface area contributed by atoms with Crippen LogP contribution < -0.4 is 10.2 Å². The molecule has 1 aromatic heterocycles. The molecule has 2 aromatic carbocycles. The average molecular weight is 360 g/mol. The fourth-order valence-corrected chi connectivity index (χ4v) is 2.91. The Morgan fingerprint density at radius 3 is 2.64 bits per heavy atom. The Labute approximate surface area is 149 Å². The van der Waals surface area contributed by atoms with E-state index in [4.69, 9.17) is 27.0 Å². The Hall–Kier alpha value is -2.54. The summed E-state index contributed by atoms with van der Waals surface area (Å²) >= 11 is 5.93. The first kappa shape index (κ1) is 17.3. The number of aromatic nitrogens is 1. The standard InChI is InChI=1S/C18H18ClN3O3/c1-25-13-6-7-16-14(8-13)15(17(23)18(20)21-24)10-22(16)9-11-2-4-12(19)5-3-11/h2-8,10,17,23-24H,9H2,1H3,(H2,20,21). The van der Waals surface area contributed by atoms with Crippen molar-refractivity contribution in [3.8, 4) is 5.75 Å². The number of benzene rings is 2. The van der Waals surface area contributed by atoms with E-state index in [1.165, 1.54) is 0 Å². The molecule has 7 heteroatoms. The average Bonchev–Trinajstić information content (AvgIpc) is 2.99. The van der Waals surface area contributed by atoms with E-state index in [9.17, 15) is 5.11 Å². The van der Waals surface area contributed by atoms with Crippen molar-refractivity contribution in [3.05, 3.63) is 64.8 Å². The van der Waals surface area contributed by atoms with Gasteiger partial charge in [0.25, 0.3) is 0 Å². The molecule has 0 aliphatic carbocycles. The third-order valence-corrected chi connectivity index (χ3v) is 4.33. The second kappa shape index (κ2) is 7.14. The molecule has 3 rings (SSSR count). The van der Waals surface area contributed by atoms with Crippen molar-refractivity contribution in [2.45, 2.75) is 12.6 Å². The Morgan fingerprint density at radius 2 is 2.00 bits per heavy atom. The van der Waals surface area contributed by atoms with E-state index in [1.54, 1.807) is 24.9 Å². The van der Waals surface area contributed by atoms with Crippen molar-refractivity contribution < 1.29 is 15.1 Å². The maximum Gasteiger partial charge on any atom is 0.151 e. The number of rotatable bonds is 5. The SMILES string of the molecule is COc1ccc2c(c1)c(C(O)C(=N)NO)cn2Cc1ccc(Cl)cc1. The molecule has 4 N–H and O–H groups in total. The van der Waals surface area contributed by atoms with E-state index in [0.717, 1.165) is 16.5 Å². The van der Waals surface area contributed by atoms with Gasteiger partial charge < -0.3 is 14.4 Å². The number of hydrogen-bond acceptors (Lipinski definition) is 4. The van der Waals surface area contributed by atoms with Crippen LogP contribution in [-0.4, -0.2) is 27.8 Å². The summed E-state index contributed by atoms with van der Waals surface area (Å²) < 4.78 is 7.23. The normalized spacial score (nSPS) is 12.2. The Bertz CT molecular complexity index is 906. The number of aliphatic hydroxyl groups excluding tert-OH is 1. The Balaban J connectivity index is 2.09. The Kier molecular flexibility index (Phi) is 4.94. The van der Waals surface area contributed by atoms with Crippen LogP contribution in [0.25, 0.3) is 10.9 Å². The smallest absolute Gasteiger partial charge is 0.151 e. The lowest BCUT2D eigenvalue weighted by atomic mass is 10.1. The van der Waals surface area contributed by atoms with Crippen molar-refractivity contribution in [2.75, 3.05) is 7.11 Å². The van der Waals surface area contributed by atoms with Crippen LogP contribution in [0.15, 0.2) is 48.7 Å². The van der Waals surface area contributed by atoms with Gasteiger partial charge in [0.15, 0.2) is 5.84 Å². The van der Waals surface area contributed by atoms with Crippen LogP contribution in [0.5, 0.6) is 5.75 Å². The molecule has 0 aliphatic rings. The lowest BCUT2D eigenvalue weighted by Gasteiger charge is -2.10. The van der Waals surface area contributed by atoms with Gasteiger partial charge in [0, 0.05) is 34.2 Å². The number of hydrogen-bond donors (Lipinski definition) is 4. The summed E-state index contributed by atoms with van der Waals surface area (Å²) in [5.74, 6) is 0.252. The van der Waals surface area contributed by atoms with E-state index >= 15 is 0 Å². The summed E-state index contributed by atoms with van der Waals surface area (Å²) in [4.78, 5) is 0. The molecule has 0 saturated heterocycles. The van der Waals surface area contributed by atoms with Crippen LogP contribution in [0.4, 0.5) is 0 Å². The van der Waals surface area contributed by atoms with Gasteiger partial charge in [-0.25, -0.2) is 0 Å². The molecule has 0 radical (unpaired) electrons. The van der Waals surface area contributed by atoms with E-state index in [2.05, 4.69) is 0 Å². The van der Waals surface area contributed by atoms with Crippen LogP contribution in [0.3, 0.4) is 0 Å². The van der Waals surface area contributed by atoms with Gasteiger partial charge in [0.2, 0.25) is 0 Å². The number of nitrogens with zero attached hydrogens (tertiary/aromatic N) is 1. The second-order valence-electron chi connectivity index (χ2n) is 5.65. The molecule has 0 amide bonds. The van der Waals surface area contributed by atoms with Gasteiger partial charge in [-0.05, 0) is 35.9 Å². The number of aliphatic hydroxyl groups is 1. The van der Waals surface area contributed by atoms with Crippen LogP contribution >= 0.6 is 11.6 Å². The first-order valence-electron chi connectivity index (χ1n) is 7.61. The lowest BCUT2D eigenvalue weighted by molar-refractivity contribution is 0.188. The number of fused-ring (bicyclic) bond motifs is 1. The Morgan fingerprint density at radius 1 is 1.28 bits per heavy atom. The maximum absolute atomic E-state index is 10.3. The van der Waals surface area contributed by atoms with E-state index in [0.29, 0.717) is 22.9 Å². The fraction of sp³-hybridized carbons (Fsp3) is 0.167. The number of ether oxygens (including phenoxy) is 1.